The number of rotatable bonds is 3. The predicted octanol–water partition coefficient (Wildman–Crippen LogP) is 2.52. The highest BCUT2D eigenvalue weighted by Crippen LogP contribution is 2.27. The maximum atomic E-state index is 5.80. The topological polar surface area (TPSA) is 38.5 Å². The van der Waals surface area contributed by atoms with Gasteiger partial charge in [-0.15, -0.1) is 0 Å². The molecule has 3 nitrogen and oxygen atoms in total. The lowest BCUT2D eigenvalue weighted by Gasteiger charge is -2.35. The highest BCUT2D eigenvalue weighted by molar-refractivity contribution is 9.10. The average Bonchev–Trinajstić information content (AvgIpc) is 2.39. The quantitative estimate of drug-likeness (QED) is 0.932. The zero-order valence-corrected chi connectivity index (χ0v) is 11.7. The summed E-state index contributed by atoms with van der Waals surface area (Å²) in [5.74, 6) is 0. The summed E-state index contributed by atoms with van der Waals surface area (Å²) in [6.07, 6.45) is 1.40. The molecule has 1 heterocycles. The summed E-state index contributed by atoms with van der Waals surface area (Å²) in [5.41, 5.74) is 8.24. The Labute approximate surface area is 111 Å². The molecule has 2 N–H and O–H groups in total. The van der Waals surface area contributed by atoms with E-state index in [1.165, 1.54) is 11.3 Å². The summed E-state index contributed by atoms with van der Waals surface area (Å²) in [4.78, 5) is 2.38. The van der Waals surface area contributed by atoms with Gasteiger partial charge in [0.2, 0.25) is 0 Å². The van der Waals surface area contributed by atoms with Crippen LogP contribution in [-0.2, 0) is 11.3 Å². The van der Waals surface area contributed by atoms with Gasteiger partial charge in [-0.1, -0.05) is 28.9 Å². The molecule has 1 aromatic carbocycles. The van der Waals surface area contributed by atoms with E-state index in [-0.39, 0.29) is 0 Å². The van der Waals surface area contributed by atoms with Gasteiger partial charge >= 0.3 is 0 Å². The molecule has 2 rings (SSSR count). The minimum Gasteiger partial charge on any atom is -0.375 e. The van der Waals surface area contributed by atoms with Crippen molar-refractivity contribution in [3.05, 3.63) is 28.2 Å². The summed E-state index contributed by atoms with van der Waals surface area (Å²) >= 11 is 3.53. The third kappa shape index (κ3) is 3.00. The number of hydrogen-bond donors (Lipinski definition) is 1. The van der Waals surface area contributed by atoms with Gasteiger partial charge in [-0.3, -0.25) is 0 Å². The summed E-state index contributed by atoms with van der Waals surface area (Å²) in [7, 11) is 0. The van der Waals surface area contributed by atoms with Crippen LogP contribution in [0.3, 0.4) is 0 Å². The average molecular weight is 299 g/mol. The zero-order chi connectivity index (χ0) is 12.3. The molecular weight excluding hydrogens is 280 g/mol. The van der Waals surface area contributed by atoms with E-state index in [4.69, 9.17) is 10.5 Å². The van der Waals surface area contributed by atoms with E-state index >= 15 is 0 Å². The molecule has 0 saturated carbocycles. The third-order valence-electron chi connectivity index (χ3n) is 3.20. The van der Waals surface area contributed by atoms with Gasteiger partial charge in [0.05, 0.1) is 12.7 Å². The molecule has 1 saturated heterocycles. The predicted molar refractivity (Wildman–Crippen MR) is 74.3 cm³/mol. The molecule has 1 fully saturated rings. The number of nitrogens with zero attached hydrogens (tertiary/aromatic N) is 1. The Bertz CT molecular complexity index is 384. The van der Waals surface area contributed by atoms with E-state index in [2.05, 4.69) is 39.9 Å². The van der Waals surface area contributed by atoms with E-state index in [9.17, 15) is 0 Å². The molecule has 1 aromatic rings. The number of benzene rings is 1. The number of nitrogens with two attached hydrogens (primary N) is 1. The van der Waals surface area contributed by atoms with Crippen molar-refractivity contribution in [2.24, 2.45) is 5.73 Å². The second kappa shape index (κ2) is 5.85. The lowest BCUT2D eigenvalue weighted by molar-refractivity contribution is 0.0384. The zero-order valence-electron chi connectivity index (χ0n) is 10.2. The maximum absolute atomic E-state index is 5.80. The second-order valence-corrected chi connectivity index (χ2v) is 5.24. The summed E-state index contributed by atoms with van der Waals surface area (Å²) < 4.78 is 6.80. The van der Waals surface area contributed by atoms with Crippen LogP contribution in [0.2, 0.25) is 0 Å². The molecular formula is C13H19BrN2O. The molecule has 0 aliphatic carbocycles. The fourth-order valence-electron chi connectivity index (χ4n) is 2.19. The SMILES string of the molecule is CCC1CN(c2cc(Br)ccc2CN)CCO1. The minimum atomic E-state index is 0.341. The van der Waals surface area contributed by atoms with E-state index in [0.717, 1.165) is 30.6 Å². The number of hydrogen-bond acceptors (Lipinski definition) is 3. The van der Waals surface area contributed by atoms with Crippen molar-refractivity contribution < 1.29 is 4.74 Å². The third-order valence-corrected chi connectivity index (χ3v) is 3.70. The first-order valence-corrected chi connectivity index (χ1v) is 6.89. The monoisotopic (exact) mass is 298 g/mol. The van der Waals surface area contributed by atoms with E-state index in [1.807, 2.05) is 6.07 Å². The van der Waals surface area contributed by atoms with E-state index in [0.29, 0.717) is 12.6 Å². The Kier molecular flexibility index (Phi) is 4.42. The van der Waals surface area contributed by atoms with Gasteiger partial charge in [-0.05, 0) is 24.1 Å². The van der Waals surface area contributed by atoms with Crippen molar-refractivity contribution in [1.29, 1.82) is 0 Å². The molecule has 0 aromatic heterocycles. The van der Waals surface area contributed by atoms with Crippen LogP contribution in [0.25, 0.3) is 0 Å². The van der Waals surface area contributed by atoms with Gasteiger partial charge in [0, 0.05) is 29.8 Å². The maximum Gasteiger partial charge on any atom is 0.0748 e. The summed E-state index contributed by atoms with van der Waals surface area (Å²) in [5, 5.41) is 0. The van der Waals surface area contributed by atoms with Crippen molar-refractivity contribution in [2.45, 2.75) is 26.0 Å². The first-order chi connectivity index (χ1) is 8.24. The lowest BCUT2D eigenvalue weighted by atomic mass is 10.1. The van der Waals surface area contributed by atoms with Crippen molar-refractivity contribution in [2.75, 3.05) is 24.6 Å². The summed E-state index contributed by atoms with van der Waals surface area (Å²) in [6, 6.07) is 6.29. The minimum absolute atomic E-state index is 0.341. The van der Waals surface area contributed by atoms with Gasteiger partial charge in [0.15, 0.2) is 0 Å². The standard InChI is InChI=1S/C13H19BrN2O/c1-2-12-9-16(5-6-17-12)13-7-11(14)4-3-10(13)8-15/h3-4,7,12H,2,5-6,8-9,15H2,1H3. The van der Waals surface area contributed by atoms with E-state index < -0.39 is 0 Å². The Hall–Kier alpha value is -0.580. The van der Waals surface area contributed by atoms with Crippen LogP contribution in [0.1, 0.15) is 18.9 Å². The van der Waals surface area contributed by atoms with Crippen LogP contribution < -0.4 is 10.6 Å². The number of ether oxygens (including phenoxy) is 1. The Balaban J connectivity index is 2.22. The Morgan fingerprint density at radius 1 is 1.53 bits per heavy atom. The van der Waals surface area contributed by atoms with Gasteiger partial charge in [-0.2, -0.15) is 0 Å². The Morgan fingerprint density at radius 3 is 3.06 bits per heavy atom. The molecule has 0 bridgehead atoms. The number of morpholine rings is 1. The van der Waals surface area contributed by atoms with Crippen molar-refractivity contribution in [3.63, 3.8) is 0 Å². The van der Waals surface area contributed by atoms with Gasteiger partial charge in [0.1, 0.15) is 0 Å². The lowest BCUT2D eigenvalue weighted by Crippen LogP contribution is -2.42. The number of anilines is 1. The molecule has 4 heteroatoms. The fourth-order valence-corrected chi connectivity index (χ4v) is 2.54. The molecule has 1 aliphatic heterocycles. The van der Waals surface area contributed by atoms with Crippen LogP contribution in [0.5, 0.6) is 0 Å². The Morgan fingerprint density at radius 2 is 2.35 bits per heavy atom. The fraction of sp³-hybridized carbons (Fsp3) is 0.538. The van der Waals surface area contributed by atoms with Crippen LogP contribution >= 0.6 is 15.9 Å². The van der Waals surface area contributed by atoms with Crippen LogP contribution in [0, 0.1) is 0 Å². The van der Waals surface area contributed by atoms with Gasteiger partial charge in [0.25, 0.3) is 0 Å². The molecule has 1 aliphatic rings. The molecule has 1 unspecified atom stereocenters. The first-order valence-electron chi connectivity index (χ1n) is 6.09. The van der Waals surface area contributed by atoms with Crippen LogP contribution in [0.4, 0.5) is 5.69 Å². The normalized spacial score (nSPS) is 20.6. The smallest absolute Gasteiger partial charge is 0.0748 e. The molecule has 0 amide bonds. The molecule has 1 atom stereocenters. The van der Waals surface area contributed by atoms with Crippen molar-refractivity contribution in [1.82, 2.24) is 0 Å². The highest BCUT2D eigenvalue weighted by Gasteiger charge is 2.20. The second-order valence-electron chi connectivity index (χ2n) is 4.32. The molecule has 17 heavy (non-hydrogen) atoms. The first kappa shape index (κ1) is 12.9. The molecule has 94 valence electrons. The summed E-state index contributed by atoms with van der Waals surface area (Å²) in [6.45, 7) is 5.45. The van der Waals surface area contributed by atoms with Gasteiger partial charge < -0.3 is 15.4 Å². The van der Waals surface area contributed by atoms with Crippen molar-refractivity contribution in [3.8, 4) is 0 Å². The molecule has 0 radical (unpaired) electrons. The van der Waals surface area contributed by atoms with Crippen LogP contribution in [0.15, 0.2) is 22.7 Å². The molecule has 0 spiro atoms. The van der Waals surface area contributed by atoms with Gasteiger partial charge in [-0.25, -0.2) is 0 Å². The van der Waals surface area contributed by atoms with E-state index in [1.54, 1.807) is 0 Å². The number of halogens is 1. The largest absolute Gasteiger partial charge is 0.375 e. The van der Waals surface area contributed by atoms with Crippen LogP contribution in [-0.4, -0.2) is 25.8 Å². The van der Waals surface area contributed by atoms with Crippen molar-refractivity contribution >= 4 is 21.6 Å². The highest BCUT2D eigenvalue weighted by atomic mass is 79.9.